The van der Waals surface area contributed by atoms with Crippen molar-refractivity contribution in [1.29, 1.82) is 0 Å². The summed E-state index contributed by atoms with van der Waals surface area (Å²) in [5, 5.41) is 20.5. The highest BCUT2D eigenvalue weighted by Crippen LogP contribution is 2.25. The van der Waals surface area contributed by atoms with E-state index >= 15 is 0 Å². The largest absolute Gasteiger partial charge is 0.506 e. The van der Waals surface area contributed by atoms with E-state index in [-0.39, 0.29) is 41.9 Å². The number of ether oxygens (including phenoxy) is 1. The average Bonchev–Trinajstić information content (AvgIpc) is 3.09. The Kier molecular flexibility index (Phi) is 9.84. The van der Waals surface area contributed by atoms with Crippen LogP contribution in [0.3, 0.4) is 0 Å². The van der Waals surface area contributed by atoms with Gasteiger partial charge < -0.3 is 30.4 Å². The summed E-state index contributed by atoms with van der Waals surface area (Å²) in [7, 11) is 0. The highest BCUT2D eigenvalue weighted by Gasteiger charge is 2.25. The second kappa shape index (κ2) is 14.5. The summed E-state index contributed by atoms with van der Waals surface area (Å²) in [4.78, 5) is 75.1. The Morgan fingerprint density at radius 1 is 0.729 bits per heavy atom. The molecule has 0 fully saturated rings. The predicted molar refractivity (Wildman–Crippen MR) is 169 cm³/mol. The summed E-state index contributed by atoms with van der Waals surface area (Å²) >= 11 is 0. The minimum atomic E-state index is -1.06. The van der Waals surface area contributed by atoms with E-state index in [1.54, 1.807) is 6.92 Å². The third-order valence-electron chi connectivity index (χ3n) is 6.68. The van der Waals surface area contributed by atoms with Gasteiger partial charge in [0.1, 0.15) is 42.9 Å². The molecule has 0 atom stereocenters. The predicted octanol–water partition coefficient (Wildman–Crippen LogP) is 1.53. The quantitative estimate of drug-likeness (QED) is 0.189. The summed E-state index contributed by atoms with van der Waals surface area (Å²) < 4.78 is 6.56. The van der Waals surface area contributed by atoms with Gasteiger partial charge in [-0.25, -0.2) is 24.7 Å². The highest BCUT2D eigenvalue weighted by molar-refractivity contribution is 6.00. The van der Waals surface area contributed by atoms with Gasteiger partial charge in [-0.3, -0.25) is 14.4 Å². The highest BCUT2D eigenvalue weighted by atomic mass is 16.7. The number of hydrogen-bond donors (Lipinski definition) is 3. The molecule has 0 unspecified atom stereocenters. The first-order valence-corrected chi connectivity index (χ1v) is 14.2. The van der Waals surface area contributed by atoms with Crippen LogP contribution in [-0.2, 0) is 18.0 Å². The number of primary amides is 1. The number of aromatic hydroxyl groups is 2. The van der Waals surface area contributed by atoms with E-state index in [1.807, 2.05) is 60.7 Å². The standard InChI is InChI=1S/C17H15N3O5.C15H12N4O4/c1-2-24-17(23)13-14(21)12-8-18-10-19-15(12)20(16(13)22)25-9-11-6-4-3-5-7-11;16-13(21)11-12(20)10-6-17-8-18-14(10)19(15(11)22)23-7-9-4-2-1-3-5-9/h3-8,10,21H,2,9H2,1H3;1-6,8,20H,7H2,(H2,16,21). The summed E-state index contributed by atoms with van der Waals surface area (Å²) in [6.45, 7) is 1.81. The zero-order valence-electron chi connectivity index (χ0n) is 25.2. The van der Waals surface area contributed by atoms with Crippen LogP contribution in [0.15, 0.2) is 95.3 Å². The van der Waals surface area contributed by atoms with E-state index < -0.39 is 45.6 Å². The molecule has 0 aliphatic rings. The third kappa shape index (κ3) is 6.71. The van der Waals surface area contributed by atoms with Crippen LogP contribution in [0.4, 0.5) is 0 Å². The number of rotatable bonds is 9. The van der Waals surface area contributed by atoms with Crippen LogP contribution >= 0.6 is 0 Å². The molecule has 0 bridgehead atoms. The van der Waals surface area contributed by atoms with E-state index in [0.29, 0.717) is 0 Å². The first-order chi connectivity index (χ1) is 23.2. The first-order valence-electron chi connectivity index (χ1n) is 14.2. The molecule has 4 N–H and O–H groups in total. The number of nitrogens with two attached hydrogens (primary N) is 1. The Bertz CT molecular complexity index is 2220. The van der Waals surface area contributed by atoms with Gasteiger partial charge in [-0.15, -0.1) is 9.46 Å². The molecule has 6 aromatic rings. The Labute approximate surface area is 270 Å². The van der Waals surface area contributed by atoms with Crippen molar-refractivity contribution >= 4 is 33.9 Å². The van der Waals surface area contributed by atoms with Crippen LogP contribution in [0.1, 0.15) is 38.8 Å². The monoisotopic (exact) mass is 653 g/mol. The second-order valence-electron chi connectivity index (χ2n) is 9.77. The van der Waals surface area contributed by atoms with Crippen molar-refractivity contribution in [2.75, 3.05) is 6.61 Å². The number of esters is 1. The molecule has 0 radical (unpaired) electrons. The molecule has 16 nitrogen and oxygen atoms in total. The van der Waals surface area contributed by atoms with Gasteiger partial charge in [0.15, 0.2) is 16.9 Å². The first kappa shape index (κ1) is 32.6. The molecule has 1 amide bonds. The number of pyridine rings is 2. The van der Waals surface area contributed by atoms with Crippen LogP contribution in [0.5, 0.6) is 11.5 Å². The van der Waals surface area contributed by atoms with Crippen LogP contribution in [0.25, 0.3) is 22.1 Å². The fourth-order valence-electron chi connectivity index (χ4n) is 4.45. The Hall–Kier alpha value is -6.84. The molecule has 6 rings (SSSR count). The molecule has 0 saturated heterocycles. The molecule has 4 heterocycles. The van der Waals surface area contributed by atoms with Gasteiger partial charge in [0.05, 0.1) is 17.4 Å². The normalized spacial score (nSPS) is 10.6. The van der Waals surface area contributed by atoms with Gasteiger partial charge in [0.2, 0.25) is 0 Å². The number of aromatic nitrogens is 6. The SMILES string of the molecule is CCOC(=O)c1c(O)c2cncnc2n(OCc2ccccc2)c1=O.NC(=O)c1c(O)c2cncnc2n(OCc2ccccc2)c1=O. The van der Waals surface area contributed by atoms with E-state index in [0.717, 1.165) is 20.6 Å². The number of benzene rings is 2. The maximum atomic E-state index is 12.7. The lowest BCUT2D eigenvalue weighted by Gasteiger charge is -2.13. The van der Waals surface area contributed by atoms with Crippen molar-refractivity contribution in [3.05, 3.63) is 129 Å². The summed E-state index contributed by atoms with van der Waals surface area (Å²) in [5.41, 5.74) is 4.10. The molecule has 48 heavy (non-hydrogen) atoms. The zero-order chi connectivity index (χ0) is 34.2. The van der Waals surface area contributed by atoms with Crippen LogP contribution in [-0.4, -0.2) is 58.1 Å². The van der Waals surface area contributed by atoms with E-state index in [4.69, 9.17) is 20.1 Å². The van der Waals surface area contributed by atoms with Gasteiger partial charge in [-0.05, 0) is 18.1 Å². The lowest BCUT2D eigenvalue weighted by atomic mass is 10.2. The van der Waals surface area contributed by atoms with Gasteiger partial charge in [0.25, 0.3) is 5.91 Å². The van der Waals surface area contributed by atoms with Gasteiger partial charge in [0, 0.05) is 12.4 Å². The minimum absolute atomic E-state index is 0.0448. The fourth-order valence-corrected chi connectivity index (χ4v) is 4.45. The summed E-state index contributed by atoms with van der Waals surface area (Å²) in [6, 6.07) is 18.3. The van der Waals surface area contributed by atoms with E-state index in [1.165, 1.54) is 25.0 Å². The summed E-state index contributed by atoms with van der Waals surface area (Å²) in [6.07, 6.45) is 4.98. The second-order valence-corrected chi connectivity index (χ2v) is 9.77. The molecule has 2 aromatic carbocycles. The molecule has 0 aliphatic heterocycles. The van der Waals surface area contributed by atoms with Crippen LogP contribution in [0, 0.1) is 0 Å². The number of carbonyl (C=O) groups is 2. The zero-order valence-corrected chi connectivity index (χ0v) is 25.2. The fraction of sp³-hybridized carbons (Fsp3) is 0.125. The number of nitrogens with zero attached hydrogens (tertiary/aromatic N) is 6. The molecular weight excluding hydrogens is 626 g/mol. The van der Waals surface area contributed by atoms with Crippen molar-refractivity contribution in [3.63, 3.8) is 0 Å². The number of carbonyl (C=O) groups excluding carboxylic acids is 2. The lowest BCUT2D eigenvalue weighted by Crippen LogP contribution is -2.34. The smallest absolute Gasteiger partial charge is 0.347 e. The summed E-state index contributed by atoms with van der Waals surface area (Å²) in [5.74, 6) is -3.08. The van der Waals surface area contributed by atoms with Crippen LogP contribution < -0.4 is 26.5 Å². The van der Waals surface area contributed by atoms with E-state index in [9.17, 15) is 29.4 Å². The maximum absolute atomic E-state index is 12.7. The maximum Gasteiger partial charge on any atom is 0.347 e. The number of fused-ring (bicyclic) bond motifs is 2. The van der Waals surface area contributed by atoms with Crippen molar-refractivity contribution in [2.45, 2.75) is 20.1 Å². The van der Waals surface area contributed by atoms with Crippen molar-refractivity contribution < 1.29 is 34.2 Å². The topological polar surface area (TPSA) is 224 Å². The molecular formula is C32H27N7O9. The van der Waals surface area contributed by atoms with E-state index in [2.05, 4.69) is 19.9 Å². The number of hydrogen-bond acceptors (Lipinski definition) is 13. The van der Waals surface area contributed by atoms with Crippen molar-refractivity contribution in [3.8, 4) is 11.5 Å². The lowest BCUT2D eigenvalue weighted by molar-refractivity contribution is 0.0507. The molecule has 16 heteroatoms. The van der Waals surface area contributed by atoms with Gasteiger partial charge >= 0.3 is 17.1 Å². The molecule has 0 spiro atoms. The van der Waals surface area contributed by atoms with Gasteiger partial charge in [-0.1, -0.05) is 60.7 Å². The Morgan fingerprint density at radius 2 is 1.17 bits per heavy atom. The molecule has 244 valence electrons. The minimum Gasteiger partial charge on any atom is -0.506 e. The van der Waals surface area contributed by atoms with Crippen molar-refractivity contribution in [1.82, 2.24) is 29.4 Å². The number of amides is 1. The van der Waals surface area contributed by atoms with Crippen LogP contribution in [0.2, 0.25) is 0 Å². The third-order valence-corrected chi connectivity index (χ3v) is 6.68. The molecule has 0 aliphatic carbocycles. The molecule has 4 aromatic heterocycles. The Balaban J connectivity index is 0.000000188. The average molecular weight is 654 g/mol. The van der Waals surface area contributed by atoms with Gasteiger partial charge in [-0.2, -0.15) is 0 Å². The van der Waals surface area contributed by atoms with Crippen molar-refractivity contribution in [2.24, 2.45) is 5.73 Å². The Morgan fingerprint density at radius 3 is 1.60 bits per heavy atom. The molecule has 0 saturated carbocycles.